The third-order valence-electron chi connectivity index (χ3n) is 2.41. The van der Waals surface area contributed by atoms with E-state index in [-0.39, 0.29) is 0 Å². The van der Waals surface area contributed by atoms with Crippen LogP contribution in [0.25, 0.3) is 0 Å². The van der Waals surface area contributed by atoms with Crippen LogP contribution in [0, 0.1) is 0 Å². The summed E-state index contributed by atoms with van der Waals surface area (Å²) in [6, 6.07) is 0. The minimum absolute atomic E-state index is 0.404. The molecule has 0 aromatic rings. The van der Waals surface area contributed by atoms with Gasteiger partial charge in [-0.15, -0.1) is 11.6 Å². The Labute approximate surface area is 89.8 Å². The number of nitrogens with zero attached hydrogens (tertiary/aromatic N) is 1. The summed E-state index contributed by atoms with van der Waals surface area (Å²) in [5, 5.41) is 2.69. The number of amides is 1. The lowest BCUT2D eigenvalue weighted by Crippen LogP contribution is -2.51. The number of nitrogens with two attached hydrogens (primary N) is 1. The number of hydrogen-bond donors (Lipinski definition) is 2. The molecule has 1 aliphatic rings. The van der Waals surface area contributed by atoms with Crippen LogP contribution < -0.4 is 11.1 Å². The van der Waals surface area contributed by atoms with Gasteiger partial charge in [-0.05, 0) is 12.8 Å². The summed E-state index contributed by atoms with van der Waals surface area (Å²) >= 11 is 5.70. The molecule has 3 N–H and O–H groups in total. The zero-order chi connectivity index (χ0) is 10.4. The van der Waals surface area contributed by atoms with Crippen LogP contribution >= 0.6 is 11.6 Å². The number of rotatable bonds is 7. The fourth-order valence-electron chi connectivity index (χ4n) is 1.41. The molecule has 0 radical (unpaired) electrons. The smallest absolute Gasteiger partial charge is 0.235 e. The topological polar surface area (TPSA) is 58.4 Å². The van der Waals surface area contributed by atoms with Crippen LogP contribution in [0.15, 0.2) is 0 Å². The molecule has 1 unspecified atom stereocenters. The predicted octanol–water partition coefficient (Wildman–Crippen LogP) is 0.460. The van der Waals surface area contributed by atoms with Crippen molar-refractivity contribution in [1.29, 1.82) is 0 Å². The van der Waals surface area contributed by atoms with Crippen LogP contribution in [-0.4, -0.2) is 36.1 Å². The maximum absolute atomic E-state index is 10.6. The maximum atomic E-state index is 10.6. The summed E-state index contributed by atoms with van der Waals surface area (Å²) in [6.45, 7) is 3.16. The monoisotopic (exact) mass is 219 g/mol. The first-order chi connectivity index (χ1) is 6.70. The molecule has 1 fully saturated rings. The van der Waals surface area contributed by atoms with E-state index >= 15 is 0 Å². The van der Waals surface area contributed by atoms with E-state index in [0.717, 1.165) is 32.7 Å². The summed E-state index contributed by atoms with van der Waals surface area (Å²) in [5.74, 6) is -0.404. The number of carbonyl (C=O) groups excluding carboxylic acids is 1. The molecule has 0 aromatic carbocycles. The first-order valence-electron chi connectivity index (χ1n) is 5.06. The Morgan fingerprint density at radius 1 is 1.43 bits per heavy atom. The van der Waals surface area contributed by atoms with Gasteiger partial charge in [-0.2, -0.15) is 0 Å². The number of halogens is 1. The maximum Gasteiger partial charge on any atom is 0.235 e. The van der Waals surface area contributed by atoms with Crippen molar-refractivity contribution < 1.29 is 4.79 Å². The standard InChI is InChI=1S/C9H18ClN3O/c10-8(9(11)14)4-2-1-3-5-13-6-12-7-13/h8,12H,1-7H2,(H2,11,14). The SMILES string of the molecule is NC(=O)C(Cl)CCCCCN1CNC1. The van der Waals surface area contributed by atoms with Crippen molar-refractivity contribution in [3.8, 4) is 0 Å². The van der Waals surface area contributed by atoms with Gasteiger partial charge in [0.05, 0.1) is 13.3 Å². The molecule has 0 bridgehead atoms. The van der Waals surface area contributed by atoms with Gasteiger partial charge in [0.25, 0.3) is 0 Å². The summed E-state index contributed by atoms with van der Waals surface area (Å²) in [7, 11) is 0. The molecule has 1 aliphatic heterocycles. The lowest BCUT2D eigenvalue weighted by atomic mass is 10.1. The van der Waals surface area contributed by atoms with E-state index in [1.807, 2.05) is 0 Å². The van der Waals surface area contributed by atoms with Crippen LogP contribution in [-0.2, 0) is 4.79 Å². The zero-order valence-electron chi connectivity index (χ0n) is 8.34. The third-order valence-corrected chi connectivity index (χ3v) is 2.84. The second kappa shape index (κ2) is 6.22. The van der Waals surface area contributed by atoms with Gasteiger partial charge in [0.2, 0.25) is 5.91 Å². The first kappa shape index (κ1) is 11.8. The molecule has 0 aliphatic carbocycles. The van der Waals surface area contributed by atoms with Crippen molar-refractivity contribution in [2.45, 2.75) is 31.1 Å². The van der Waals surface area contributed by atoms with E-state index < -0.39 is 11.3 Å². The third kappa shape index (κ3) is 4.26. The zero-order valence-corrected chi connectivity index (χ0v) is 9.09. The number of alkyl halides is 1. The molecule has 1 amide bonds. The molecule has 1 saturated heterocycles. The van der Waals surface area contributed by atoms with Gasteiger partial charge in [0.15, 0.2) is 0 Å². The van der Waals surface area contributed by atoms with E-state index in [1.54, 1.807) is 0 Å². The van der Waals surface area contributed by atoms with Crippen molar-refractivity contribution in [3.05, 3.63) is 0 Å². The number of nitrogens with one attached hydrogen (secondary N) is 1. The van der Waals surface area contributed by atoms with Gasteiger partial charge in [-0.1, -0.05) is 12.8 Å². The highest BCUT2D eigenvalue weighted by molar-refractivity contribution is 6.30. The first-order valence-corrected chi connectivity index (χ1v) is 5.50. The summed E-state index contributed by atoms with van der Waals surface area (Å²) in [5.41, 5.74) is 5.04. The van der Waals surface area contributed by atoms with E-state index in [0.29, 0.717) is 6.42 Å². The molecule has 0 spiro atoms. The Balaban J connectivity index is 1.86. The molecule has 82 valence electrons. The number of hydrogen-bond acceptors (Lipinski definition) is 3. The lowest BCUT2D eigenvalue weighted by Gasteiger charge is -2.31. The Bertz CT molecular complexity index is 185. The van der Waals surface area contributed by atoms with Crippen molar-refractivity contribution >= 4 is 17.5 Å². The molecule has 1 atom stereocenters. The average Bonchev–Trinajstić information content (AvgIpc) is 2.07. The van der Waals surface area contributed by atoms with Crippen LogP contribution in [0.5, 0.6) is 0 Å². The van der Waals surface area contributed by atoms with E-state index in [2.05, 4.69) is 10.2 Å². The highest BCUT2D eigenvalue weighted by Gasteiger charge is 2.12. The van der Waals surface area contributed by atoms with Gasteiger partial charge < -0.3 is 5.73 Å². The molecule has 1 heterocycles. The molecule has 14 heavy (non-hydrogen) atoms. The minimum atomic E-state index is -0.485. The Morgan fingerprint density at radius 3 is 2.64 bits per heavy atom. The normalized spacial score (nSPS) is 18.9. The number of primary amides is 1. The second-order valence-electron chi connectivity index (χ2n) is 3.68. The van der Waals surface area contributed by atoms with Gasteiger partial charge in [0.1, 0.15) is 5.38 Å². The van der Waals surface area contributed by atoms with Crippen molar-refractivity contribution in [2.24, 2.45) is 5.73 Å². The molecule has 4 nitrogen and oxygen atoms in total. The minimum Gasteiger partial charge on any atom is -0.368 e. The van der Waals surface area contributed by atoms with E-state index in [4.69, 9.17) is 17.3 Å². The highest BCUT2D eigenvalue weighted by atomic mass is 35.5. The Hall–Kier alpha value is -0.320. The van der Waals surface area contributed by atoms with Gasteiger partial charge >= 0.3 is 0 Å². The van der Waals surface area contributed by atoms with Crippen molar-refractivity contribution in [1.82, 2.24) is 10.2 Å². The Kier molecular flexibility index (Phi) is 5.22. The predicted molar refractivity (Wildman–Crippen MR) is 56.9 cm³/mol. The summed E-state index contributed by atoms with van der Waals surface area (Å²) < 4.78 is 0. The molecular formula is C9H18ClN3O. The fourth-order valence-corrected chi connectivity index (χ4v) is 1.56. The van der Waals surface area contributed by atoms with Crippen LogP contribution in [0.4, 0.5) is 0 Å². The molecule has 0 saturated carbocycles. The van der Waals surface area contributed by atoms with Gasteiger partial charge in [0, 0.05) is 6.54 Å². The molecule has 0 aromatic heterocycles. The van der Waals surface area contributed by atoms with Crippen LogP contribution in [0.2, 0.25) is 0 Å². The van der Waals surface area contributed by atoms with Gasteiger partial charge in [-0.3, -0.25) is 15.0 Å². The lowest BCUT2D eigenvalue weighted by molar-refractivity contribution is -0.117. The molecule has 1 rings (SSSR count). The second-order valence-corrected chi connectivity index (χ2v) is 4.21. The molecule has 5 heteroatoms. The average molecular weight is 220 g/mol. The van der Waals surface area contributed by atoms with Crippen molar-refractivity contribution in [3.63, 3.8) is 0 Å². The van der Waals surface area contributed by atoms with E-state index in [1.165, 1.54) is 6.42 Å². The number of carbonyl (C=O) groups is 1. The Morgan fingerprint density at radius 2 is 2.14 bits per heavy atom. The van der Waals surface area contributed by atoms with Crippen molar-refractivity contribution in [2.75, 3.05) is 19.9 Å². The largest absolute Gasteiger partial charge is 0.368 e. The highest BCUT2D eigenvalue weighted by Crippen LogP contribution is 2.09. The molecular weight excluding hydrogens is 202 g/mol. The van der Waals surface area contributed by atoms with Crippen LogP contribution in [0.1, 0.15) is 25.7 Å². The quantitative estimate of drug-likeness (QED) is 0.483. The van der Waals surface area contributed by atoms with Gasteiger partial charge in [-0.25, -0.2) is 0 Å². The fraction of sp³-hybridized carbons (Fsp3) is 0.889. The number of unbranched alkanes of at least 4 members (excludes halogenated alkanes) is 2. The van der Waals surface area contributed by atoms with E-state index in [9.17, 15) is 4.79 Å². The van der Waals surface area contributed by atoms with Crippen LogP contribution in [0.3, 0.4) is 0 Å². The summed E-state index contributed by atoms with van der Waals surface area (Å²) in [6.07, 6.45) is 3.98. The summed E-state index contributed by atoms with van der Waals surface area (Å²) in [4.78, 5) is 12.9.